The van der Waals surface area contributed by atoms with Crippen molar-refractivity contribution in [3.05, 3.63) is 95.6 Å². The summed E-state index contributed by atoms with van der Waals surface area (Å²) in [5.41, 5.74) is 2.97. The molecule has 3 aromatic rings. The summed E-state index contributed by atoms with van der Waals surface area (Å²) in [6.07, 6.45) is 0.751. The molecule has 3 aromatic carbocycles. The highest BCUT2D eigenvalue weighted by Crippen LogP contribution is 2.28. The average molecular weight is 536 g/mol. The molecule has 38 heavy (non-hydrogen) atoms. The Hall–Kier alpha value is -3.65. The van der Waals surface area contributed by atoms with Gasteiger partial charge in [-0.25, -0.2) is 8.42 Å². The van der Waals surface area contributed by atoms with Crippen molar-refractivity contribution in [2.75, 3.05) is 10.8 Å². The summed E-state index contributed by atoms with van der Waals surface area (Å²) < 4.78 is 28.9. The minimum atomic E-state index is -4.07. The van der Waals surface area contributed by atoms with E-state index in [1.54, 1.807) is 31.2 Å². The average Bonchev–Trinajstić information content (AvgIpc) is 2.91. The van der Waals surface area contributed by atoms with E-state index >= 15 is 0 Å². The number of anilines is 1. The summed E-state index contributed by atoms with van der Waals surface area (Å²) in [5.74, 6) is -0.757. The summed E-state index contributed by atoms with van der Waals surface area (Å²) in [7, 11) is -4.07. The van der Waals surface area contributed by atoms with E-state index in [-0.39, 0.29) is 23.4 Å². The number of benzene rings is 3. The highest BCUT2D eigenvalue weighted by atomic mass is 32.2. The van der Waals surface area contributed by atoms with Crippen LogP contribution in [-0.4, -0.2) is 43.8 Å². The third-order valence-corrected chi connectivity index (χ3v) is 8.37. The molecule has 0 fully saturated rings. The molecule has 0 aliphatic heterocycles. The zero-order valence-electron chi connectivity index (χ0n) is 22.7. The van der Waals surface area contributed by atoms with Gasteiger partial charge in [0, 0.05) is 12.6 Å². The van der Waals surface area contributed by atoms with Crippen molar-refractivity contribution in [2.24, 2.45) is 0 Å². The maximum absolute atomic E-state index is 13.9. The fourth-order valence-corrected chi connectivity index (χ4v) is 5.65. The topological polar surface area (TPSA) is 86.8 Å². The largest absolute Gasteiger partial charge is 0.352 e. The summed E-state index contributed by atoms with van der Waals surface area (Å²) in [6, 6.07) is 22.0. The van der Waals surface area contributed by atoms with Crippen LogP contribution in [0.2, 0.25) is 0 Å². The van der Waals surface area contributed by atoms with Crippen molar-refractivity contribution < 1.29 is 18.0 Å². The van der Waals surface area contributed by atoms with Crippen LogP contribution >= 0.6 is 0 Å². The Morgan fingerprint density at radius 3 is 2.08 bits per heavy atom. The van der Waals surface area contributed by atoms with Gasteiger partial charge in [-0.05, 0) is 63.4 Å². The summed E-state index contributed by atoms with van der Waals surface area (Å²) >= 11 is 0. The fourth-order valence-electron chi connectivity index (χ4n) is 4.15. The molecule has 0 aromatic heterocycles. The van der Waals surface area contributed by atoms with E-state index in [9.17, 15) is 18.0 Å². The smallest absolute Gasteiger partial charge is 0.264 e. The maximum Gasteiger partial charge on any atom is 0.264 e. The van der Waals surface area contributed by atoms with Crippen molar-refractivity contribution in [1.82, 2.24) is 10.2 Å². The minimum absolute atomic E-state index is 0.0520. The van der Waals surface area contributed by atoms with Gasteiger partial charge in [-0.15, -0.1) is 0 Å². The summed E-state index contributed by atoms with van der Waals surface area (Å²) in [4.78, 5) is 28.5. The molecule has 2 amide bonds. The molecule has 0 aliphatic carbocycles. The zero-order chi connectivity index (χ0) is 27.9. The van der Waals surface area contributed by atoms with Crippen LogP contribution in [0.15, 0.2) is 83.8 Å². The zero-order valence-corrected chi connectivity index (χ0v) is 23.5. The Bertz CT molecular complexity index is 1340. The van der Waals surface area contributed by atoms with Gasteiger partial charge in [0.05, 0.1) is 10.6 Å². The number of rotatable bonds is 11. The number of hydrogen-bond donors (Lipinski definition) is 1. The molecular weight excluding hydrogens is 498 g/mol. The number of sulfonamides is 1. The number of hydrogen-bond acceptors (Lipinski definition) is 4. The van der Waals surface area contributed by atoms with Gasteiger partial charge in [-0.2, -0.15) is 0 Å². The van der Waals surface area contributed by atoms with E-state index < -0.39 is 28.5 Å². The Morgan fingerprint density at radius 2 is 1.50 bits per heavy atom. The van der Waals surface area contributed by atoms with Crippen LogP contribution in [0, 0.1) is 13.8 Å². The van der Waals surface area contributed by atoms with Crippen molar-refractivity contribution in [1.29, 1.82) is 0 Å². The molecule has 202 valence electrons. The quantitative estimate of drug-likeness (QED) is 0.381. The van der Waals surface area contributed by atoms with Gasteiger partial charge in [0.1, 0.15) is 12.6 Å². The van der Waals surface area contributed by atoms with Crippen molar-refractivity contribution in [3.8, 4) is 0 Å². The van der Waals surface area contributed by atoms with E-state index in [0.29, 0.717) is 5.69 Å². The molecule has 0 bridgehead atoms. The van der Waals surface area contributed by atoms with Gasteiger partial charge >= 0.3 is 0 Å². The number of amides is 2. The predicted octanol–water partition coefficient (Wildman–Crippen LogP) is 4.83. The van der Waals surface area contributed by atoms with E-state index in [1.165, 1.54) is 17.0 Å². The maximum atomic E-state index is 13.9. The molecule has 0 spiro atoms. The third kappa shape index (κ3) is 7.01. The lowest BCUT2D eigenvalue weighted by Crippen LogP contribution is -2.52. The van der Waals surface area contributed by atoms with E-state index in [1.807, 2.05) is 70.2 Å². The first kappa shape index (κ1) is 28.9. The third-order valence-electron chi connectivity index (χ3n) is 6.60. The number of aryl methyl sites for hydroxylation is 2. The van der Waals surface area contributed by atoms with Gasteiger partial charge in [0.2, 0.25) is 11.8 Å². The molecule has 7 nitrogen and oxygen atoms in total. The lowest BCUT2D eigenvalue weighted by Gasteiger charge is -2.33. The van der Waals surface area contributed by atoms with Gasteiger partial charge in [-0.1, -0.05) is 73.2 Å². The standard InChI is InChI=1S/C30H37N3O4S/c1-6-24(4)31-30(35)25(5)32(20-26-13-9-7-10-14-26)29(34)21-33(28-18-17-22(2)19-23(28)3)38(36,37)27-15-11-8-12-16-27/h7-19,24-25H,6,20-21H2,1-5H3,(H,31,35). The van der Waals surface area contributed by atoms with Gasteiger partial charge in [0.15, 0.2) is 0 Å². The lowest BCUT2D eigenvalue weighted by atomic mass is 10.1. The van der Waals surface area contributed by atoms with Crippen LogP contribution in [0.1, 0.15) is 43.9 Å². The van der Waals surface area contributed by atoms with Crippen LogP contribution < -0.4 is 9.62 Å². The van der Waals surface area contributed by atoms with Gasteiger partial charge in [0.25, 0.3) is 10.0 Å². The first-order chi connectivity index (χ1) is 18.0. The normalized spacial score (nSPS) is 12.9. The first-order valence-electron chi connectivity index (χ1n) is 12.8. The SMILES string of the molecule is CCC(C)NC(=O)C(C)N(Cc1ccccc1)C(=O)CN(c1ccc(C)cc1C)S(=O)(=O)c1ccccc1. The van der Waals surface area contributed by atoms with Crippen LogP contribution in [0.4, 0.5) is 5.69 Å². The molecule has 2 unspecified atom stereocenters. The second-order valence-corrected chi connectivity index (χ2v) is 11.5. The van der Waals surface area contributed by atoms with E-state index in [2.05, 4.69) is 5.32 Å². The molecular formula is C30H37N3O4S. The van der Waals surface area contributed by atoms with Gasteiger partial charge < -0.3 is 10.2 Å². The van der Waals surface area contributed by atoms with Crippen LogP contribution in [0.3, 0.4) is 0 Å². The van der Waals surface area contributed by atoms with Crippen LogP contribution in [0.25, 0.3) is 0 Å². The molecule has 3 rings (SSSR count). The molecule has 0 saturated carbocycles. The summed E-state index contributed by atoms with van der Waals surface area (Å²) in [6.45, 7) is 9.02. The second kappa shape index (κ2) is 12.7. The summed E-state index contributed by atoms with van der Waals surface area (Å²) in [5, 5.41) is 2.94. The molecule has 0 saturated heterocycles. The first-order valence-corrected chi connectivity index (χ1v) is 14.3. The number of nitrogens with zero attached hydrogens (tertiary/aromatic N) is 2. The second-order valence-electron chi connectivity index (χ2n) is 9.62. The highest BCUT2D eigenvalue weighted by Gasteiger charge is 2.33. The Balaban J connectivity index is 2.03. The van der Waals surface area contributed by atoms with Crippen molar-refractivity contribution in [3.63, 3.8) is 0 Å². The van der Waals surface area contributed by atoms with Crippen LogP contribution in [-0.2, 0) is 26.2 Å². The number of carbonyl (C=O) groups excluding carboxylic acids is 2. The lowest BCUT2D eigenvalue weighted by molar-refractivity contribution is -0.139. The Labute approximate surface area is 226 Å². The number of carbonyl (C=O) groups is 2. The number of nitrogens with one attached hydrogen (secondary N) is 1. The van der Waals surface area contributed by atoms with Crippen molar-refractivity contribution >= 4 is 27.5 Å². The monoisotopic (exact) mass is 535 g/mol. The van der Waals surface area contributed by atoms with Gasteiger partial charge in [-0.3, -0.25) is 13.9 Å². The Kier molecular flexibility index (Phi) is 9.69. The molecule has 0 heterocycles. The highest BCUT2D eigenvalue weighted by molar-refractivity contribution is 7.92. The fraction of sp³-hybridized carbons (Fsp3) is 0.333. The van der Waals surface area contributed by atoms with E-state index in [4.69, 9.17) is 0 Å². The molecule has 0 aliphatic rings. The molecule has 1 N–H and O–H groups in total. The predicted molar refractivity (Wildman–Crippen MR) is 151 cm³/mol. The Morgan fingerprint density at radius 1 is 0.895 bits per heavy atom. The minimum Gasteiger partial charge on any atom is -0.352 e. The van der Waals surface area contributed by atoms with E-state index in [0.717, 1.165) is 27.4 Å². The molecule has 0 radical (unpaired) electrons. The molecule has 8 heteroatoms. The van der Waals surface area contributed by atoms with Crippen molar-refractivity contribution in [2.45, 2.75) is 64.6 Å². The molecule has 2 atom stereocenters. The van der Waals surface area contributed by atoms with Crippen LogP contribution in [0.5, 0.6) is 0 Å².